The lowest BCUT2D eigenvalue weighted by molar-refractivity contribution is -0.124. The van der Waals surface area contributed by atoms with E-state index in [4.69, 9.17) is 4.74 Å². The Morgan fingerprint density at radius 1 is 1.57 bits per heavy atom. The van der Waals surface area contributed by atoms with Gasteiger partial charge < -0.3 is 10.1 Å². The first-order chi connectivity index (χ1) is 6.59. The van der Waals surface area contributed by atoms with E-state index < -0.39 is 5.41 Å². The van der Waals surface area contributed by atoms with Crippen molar-refractivity contribution in [1.29, 1.82) is 0 Å². The van der Waals surface area contributed by atoms with Crippen molar-refractivity contribution in [2.75, 3.05) is 11.9 Å². The number of pyridine rings is 1. The summed E-state index contributed by atoms with van der Waals surface area (Å²) in [6.07, 6.45) is 1.63. The molecule has 1 amide bonds. The lowest BCUT2D eigenvalue weighted by Gasteiger charge is -2.18. The van der Waals surface area contributed by atoms with E-state index in [1.165, 1.54) is 0 Å². The maximum absolute atomic E-state index is 11.7. The number of aromatic nitrogens is 1. The zero-order valence-corrected chi connectivity index (χ0v) is 8.20. The number of nitrogens with zero attached hydrogens (tertiary/aromatic N) is 1. The minimum Gasteiger partial charge on any atom is -0.489 e. The van der Waals surface area contributed by atoms with Crippen molar-refractivity contribution in [2.24, 2.45) is 5.41 Å². The molecule has 2 rings (SSSR count). The van der Waals surface area contributed by atoms with Crippen molar-refractivity contribution < 1.29 is 9.53 Å². The molecule has 0 radical (unpaired) electrons. The van der Waals surface area contributed by atoms with E-state index >= 15 is 0 Å². The highest BCUT2D eigenvalue weighted by Crippen LogP contribution is 2.29. The van der Waals surface area contributed by atoms with E-state index in [9.17, 15) is 4.79 Å². The van der Waals surface area contributed by atoms with E-state index in [0.29, 0.717) is 18.2 Å². The Balaban J connectivity index is 2.38. The van der Waals surface area contributed by atoms with Gasteiger partial charge in [-0.05, 0) is 26.0 Å². The summed E-state index contributed by atoms with van der Waals surface area (Å²) < 4.78 is 5.49. The average molecular weight is 192 g/mol. The Morgan fingerprint density at radius 3 is 3.14 bits per heavy atom. The molecule has 1 aliphatic rings. The number of nitrogens with one attached hydrogen (secondary N) is 1. The SMILES string of the molecule is CC1(C)COc2cccnc2NC1=O. The summed E-state index contributed by atoms with van der Waals surface area (Å²) in [6.45, 7) is 4.06. The van der Waals surface area contributed by atoms with Crippen molar-refractivity contribution in [2.45, 2.75) is 13.8 Å². The molecular weight excluding hydrogens is 180 g/mol. The van der Waals surface area contributed by atoms with Gasteiger partial charge in [0.15, 0.2) is 11.6 Å². The van der Waals surface area contributed by atoms with Crippen LogP contribution >= 0.6 is 0 Å². The van der Waals surface area contributed by atoms with Crippen molar-refractivity contribution in [3.8, 4) is 5.75 Å². The minimum absolute atomic E-state index is 0.0602. The number of hydrogen-bond donors (Lipinski definition) is 1. The second-order valence-corrected chi connectivity index (χ2v) is 3.98. The molecule has 1 aromatic rings. The molecule has 4 heteroatoms. The Labute approximate surface area is 82.3 Å². The van der Waals surface area contributed by atoms with Gasteiger partial charge >= 0.3 is 0 Å². The standard InChI is InChI=1S/C10H12N2O2/c1-10(2)6-14-7-4-3-5-11-8(7)12-9(10)13/h3-5H,6H2,1-2H3,(H,11,12,13). The Bertz CT molecular complexity index is 374. The van der Waals surface area contributed by atoms with Gasteiger partial charge in [-0.25, -0.2) is 4.98 Å². The predicted octanol–water partition coefficient (Wildman–Crippen LogP) is 1.44. The summed E-state index contributed by atoms with van der Waals surface area (Å²) in [4.78, 5) is 15.7. The molecule has 0 saturated heterocycles. The molecule has 0 fully saturated rings. The monoisotopic (exact) mass is 192 g/mol. The van der Waals surface area contributed by atoms with Crippen LogP contribution in [0, 0.1) is 5.41 Å². The van der Waals surface area contributed by atoms with Gasteiger partial charge in [0.25, 0.3) is 0 Å². The molecule has 0 saturated carbocycles. The molecular formula is C10H12N2O2. The number of hydrogen-bond acceptors (Lipinski definition) is 3. The molecule has 74 valence electrons. The fraction of sp³-hybridized carbons (Fsp3) is 0.400. The summed E-state index contributed by atoms with van der Waals surface area (Å²) in [5.74, 6) is 1.07. The third kappa shape index (κ3) is 1.43. The fourth-order valence-electron chi connectivity index (χ4n) is 1.20. The maximum Gasteiger partial charge on any atom is 0.234 e. The van der Waals surface area contributed by atoms with Crippen molar-refractivity contribution in [3.05, 3.63) is 18.3 Å². The van der Waals surface area contributed by atoms with Crippen LogP contribution in [0.25, 0.3) is 0 Å². The highest BCUT2D eigenvalue weighted by atomic mass is 16.5. The van der Waals surface area contributed by atoms with E-state index in [0.717, 1.165) is 0 Å². The topological polar surface area (TPSA) is 51.2 Å². The molecule has 2 heterocycles. The van der Waals surface area contributed by atoms with E-state index in [-0.39, 0.29) is 5.91 Å². The van der Waals surface area contributed by atoms with E-state index in [1.807, 2.05) is 13.8 Å². The first kappa shape index (κ1) is 8.99. The van der Waals surface area contributed by atoms with Gasteiger partial charge in [-0.3, -0.25) is 4.79 Å². The van der Waals surface area contributed by atoms with Crippen LogP contribution in [-0.2, 0) is 4.79 Å². The van der Waals surface area contributed by atoms with Crippen LogP contribution in [0.5, 0.6) is 5.75 Å². The van der Waals surface area contributed by atoms with Crippen molar-refractivity contribution >= 4 is 11.7 Å². The first-order valence-corrected chi connectivity index (χ1v) is 4.49. The zero-order chi connectivity index (χ0) is 10.2. The highest BCUT2D eigenvalue weighted by Gasteiger charge is 2.32. The van der Waals surface area contributed by atoms with Gasteiger partial charge in [-0.15, -0.1) is 0 Å². The molecule has 0 spiro atoms. The minimum atomic E-state index is -0.513. The van der Waals surface area contributed by atoms with E-state index in [1.54, 1.807) is 18.3 Å². The molecule has 1 aliphatic heterocycles. The average Bonchev–Trinajstić information content (AvgIpc) is 2.26. The molecule has 4 nitrogen and oxygen atoms in total. The maximum atomic E-state index is 11.7. The van der Waals surface area contributed by atoms with Crippen LogP contribution < -0.4 is 10.1 Å². The first-order valence-electron chi connectivity index (χ1n) is 4.49. The van der Waals surface area contributed by atoms with E-state index in [2.05, 4.69) is 10.3 Å². The third-order valence-corrected chi connectivity index (χ3v) is 2.21. The summed E-state index contributed by atoms with van der Waals surface area (Å²) in [6, 6.07) is 3.58. The fourth-order valence-corrected chi connectivity index (χ4v) is 1.20. The number of amides is 1. The number of fused-ring (bicyclic) bond motifs is 1. The summed E-state index contributed by atoms with van der Waals surface area (Å²) in [5.41, 5.74) is -0.513. The van der Waals surface area contributed by atoms with Gasteiger partial charge in [0.2, 0.25) is 5.91 Å². The van der Waals surface area contributed by atoms with Crippen molar-refractivity contribution in [3.63, 3.8) is 0 Å². The summed E-state index contributed by atoms with van der Waals surface area (Å²) in [7, 11) is 0. The molecule has 0 bridgehead atoms. The molecule has 0 aliphatic carbocycles. The molecule has 14 heavy (non-hydrogen) atoms. The van der Waals surface area contributed by atoms with Crippen LogP contribution in [0.4, 0.5) is 5.82 Å². The number of ether oxygens (including phenoxy) is 1. The Hall–Kier alpha value is -1.58. The molecule has 0 unspecified atom stereocenters. The second kappa shape index (κ2) is 2.97. The number of anilines is 1. The quantitative estimate of drug-likeness (QED) is 0.676. The van der Waals surface area contributed by atoms with Crippen LogP contribution in [0.2, 0.25) is 0 Å². The van der Waals surface area contributed by atoms with Gasteiger partial charge in [0.05, 0.1) is 5.41 Å². The lowest BCUT2D eigenvalue weighted by Crippen LogP contribution is -2.33. The van der Waals surface area contributed by atoms with Gasteiger partial charge in [0, 0.05) is 6.20 Å². The molecule has 1 aromatic heterocycles. The van der Waals surface area contributed by atoms with Gasteiger partial charge in [-0.1, -0.05) is 0 Å². The Kier molecular flexibility index (Phi) is 1.91. The largest absolute Gasteiger partial charge is 0.489 e. The second-order valence-electron chi connectivity index (χ2n) is 3.98. The van der Waals surface area contributed by atoms with Gasteiger partial charge in [-0.2, -0.15) is 0 Å². The highest BCUT2D eigenvalue weighted by molar-refractivity contribution is 5.95. The third-order valence-electron chi connectivity index (χ3n) is 2.21. The molecule has 1 N–H and O–H groups in total. The van der Waals surface area contributed by atoms with Crippen LogP contribution in [0.15, 0.2) is 18.3 Å². The number of carbonyl (C=O) groups excluding carboxylic acids is 1. The number of rotatable bonds is 0. The summed E-state index contributed by atoms with van der Waals surface area (Å²) >= 11 is 0. The normalized spacial score (nSPS) is 18.9. The lowest BCUT2D eigenvalue weighted by atomic mass is 9.94. The Morgan fingerprint density at radius 2 is 2.36 bits per heavy atom. The van der Waals surface area contributed by atoms with Crippen LogP contribution in [-0.4, -0.2) is 17.5 Å². The predicted molar refractivity (Wildman–Crippen MR) is 52.1 cm³/mol. The molecule has 0 aromatic carbocycles. The zero-order valence-electron chi connectivity index (χ0n) is 8.20. The van der Waals surface area contributed by atoms with Crippen molar-refractivity contribution in [1.82, 2.24) is 4.98 Å². The molecule has 0 atom stereocenters. The van der Waals surface area contributed by atoms with Gasteiger partial charge in [0.1, 0.15) is 6.61 Å². The smallest absolute Gasteiger partial charge is 0.234 e. The number of carbonyl (C=O) groups is 1. The summed E-state index contributed by atoms with van der Waals surface area (Å²) in [5, 5.41) is 2.74. The van der Waals surface area contributed by atoms with Crippen LogP contribution in [0.3, 0.4) is 0 Å². The van der Waals surface area contributed by atoms with Crippen LogP contribution in [0.1, 0.15) is 13.8 Å².